The highest BCUT2D eigenvalue weighted by molar-refractivity contribution is 5.28. The van der Waals surface area contributed by atoms with E-state index < -0.39 is 0 Å². The second-order valence-corrected chi connectivity index (χ2v) is 5.12. The van der Waals surface area contributed by atoms with Gasteiger partial charge in [0, 0.05) is 6.04 Å². The van der Waals surface area contributed by atoms with Gasteiger partial charge in [0.2, 0.25) is 0 Å². The predicted octanol–water partition coefficient (Wildman–Crippen LogP) is 3.77. The predicted molar refractivity (Wildman–Crippen MR) is 69.8 cm³/mol. The fourth-order valence-electron chi connectivity index (χ4n) is 3.02. The van der Waals surface area contributed by atoms with E-state index in [4.69, 9.17) is 0 Å². The third-order valence-corrected chi connectivity index (χ3v) is 3.72. The molecule has 1 aliphatic rings. The van der Waals surface area contributed by atoms with E-state index in [0.717, 1.165) is 12.1 Å². The van der Waals surface area contributed by atoms with Gasteiger partial charge in [-0.1, -0.05) is 25.8 Å². The molecule has 0 aliphatic heterocycles. The lowest BCUT2D eigenvalue weighted by Gasteiger charge is -2.32. The molecule has 17 heavy (non-hydrogen) atoms. The van der Waals surface area contributed by atoms with E-state index in [2.05, 4.69) is 18.3 Å². The van der Waals surface area contributed by atoms with E-state index in [0.29, 0.717) is 12.0 Å². The van der Waals surface area contributed by atoms with Gasteiger partial charge in [-0.2, -0.15) is 0 Å². The number of rotatable bonds is 3. The summed E-state index contributed by atoms with van der Waals surface area (Å²) < 4.78 is 13.5. The van der Waals surface area contributed by atoms with Gasteiger partial charge in [-0.05, 0) is 55.5 Å². The van der Waals surface area contributed by atoms with Gasteiger partial charge in [0.15, 0.2) is 0 Å². The van der Waals surface area contributed by atoms with E-state index in [-0.39, 0.29) is 5.82 Å². The molecular formula is C15H22FN. The monoisotopic (exact) mass is 235 g/mol. The molecule has 2 heteroatoms. The lowest BCUT2D eigenvalue weighted by atomic mass is 9.79. The number of benzene rings is 1. The van der Waals surface area contributed by atoms with Gasteiger partial charge in [-0.25, -0.2) is 4.39 Å². The minimum atomic E-state index is -0.0965. The summed E-state index contributed by atoms with van der Waals surface area (Å²) in [6, 6.07) is 5.99. The first kappa shape index (κ1) is 12.6. The maximum absolute atomic E-state index is 13.5. The van der Waals surface area contributed by atoms with Crippen LogP contribution in [0, 0.1) is 12.7 Å². The molecule has 1 aromatic carbocycles. The molecule has 0 aromatic heterocycles. The van der Waals surface area contributed by atoms with Crippen molar-refractivity contribution in [2.24, 2.45) is 0 Å². The quantitative estimate of drug-likeness (QED) is 0.841. The first-order valence-corrected chi connectivity index (χ1v) is 6.71. The average molecular weight is 235 g/mol. The van der Waals surface area contributed by atoms with Crippen LogP contribution >= 0.6 is 0 Å². The van der Waals surface area contributed by atoms with Crippen LogP contribution in [0.5, 0.6) is 0 Å². The van der Waals surface area contributed by atoms with E-state index in [9.17, 15) is 4.39 Å². The molecule has 0 heterocycles. The van der Waals surface area contributed by atoms with Crippen molar-refractivity contribution in [2.75, 3.05) is 6.54 Å². The van der Waals surface area contributed by atoms with Crippen LogP contribution in [0.2, 0.25) is 0 Å². The molecule has 0 saturated heterocycles. The zero-order chi connectivity index (χ0) is 12.3. The third kappa shape index (κ3) is 3.06. The Morgan fingerprint density at radius 1 is 1.24 bits per heavy atom. The summed E-state index contributed by atoms with van der Waals surface area (Å²) in [7, 11) is 0. The van der Waals surface area contributed by atoms with Crippen LogP contribution < -0.4 is 5.32 Å². The standard InChI is InChI=1S/C15H22FN/c1-3-17-15-7-5-4-6-14(15)12-8-11(2)9-13(16)10-12/h8-10,14-15,17H,3-7H2,1-2H3. The molecule has 1 nitrogen and oxygen atoms in total. The van der Waals surface area contributed by atoms with Crippen LogP contribution in [-0.4, -0.2) is 12.6 Å². The van der Waals surface area contributed by atoms with Gasteiger partial charge in [-0.15, -0.1) is 0 Å². The molecule has 1 N–H and O–H groups in total. The van der Waals surface area contributed by atoms with Crippen molar-refractivity contribution < 1.29 is 4.39 Å². The summed E-state index contributed by atoms with van der Waals surface area (Å²) in [4.78, 5) is 0. The van der Waals surface area contributed by atoms with Crippen molar-refractivity contribution in [3.63, 3.8) is 0 Å². The molecule has 2 rings (SSSR count). The van der Waals surface area contributed by atoms with Gasteiger partial charge in [0.05, 0.1) is 0 Å². The molecule has 0 spiro atoms. The van der Waals surface area contributed by atoms with E-state index in [1.54, 1.807) is 12.1 Å². The maximum atomic E-state index is 13.5. The summed E-state index contributed by atoms with van der Waals surface area (Å²) in [5.41, 5.74) is 2.20. The fraction of sp³-hybridized carbons (Fsp3) is 0.600. The molecular weight excluding hydrogens is 213 g/mol. The molecule has 1 aliphatic carbocycles. The maximum Gasteiger partial charge on any atom is 0.123 e. The van der Waals surface area contributed by atoms with Crippen LogP contribution in [-0.2, 0) is 0 Å². The van der Waals surface area contributed by atoms with E-state index in [1.807, 2.05) is 6.92 Å². The molecule has 1 saturated carbocycles. The first-order chi connectivity index (χ1) is 8.20. The van der Waals surface area contributed by atoms with Crippen molar-refractivity contribution in [1.29, 1.82) is 0 Å². The van der Waals surface area contributed by atoms with Crippen molar-refractivity contribution in [1.82, 2.24) is 5.32 Å². The molecule has 0 radical (unpaired) electrons. The van der Waals surface area contributed by atoms with Crippen molar-refractivity contribution in [2.45, 2.75) is 51.5 Å². The zero-order valence-electron chi connectivity index (χ0n) is 10.8. The molecule has 1 aromatic rings. The third-order valence-electron chi connectivity index (χ3n) is 3.72. The zero-order valence-corrected chi connectivity index (χ0v) is 10.8. The Morgan fingerprint density at radius 3 is 2.71 bits per heavy atom. The van der Waals surface area contributed by atoms with Gasteiger partial charge >= 0.3 is 0 Å². The van der Waals surface area contributed by atoms with Crippen LogP contribution in [0.25, 0.3) is 0 Å². The number of halogens is 1. The topological polar surface area (TPSA) is 12.0 Å². The Kier molecular flexibility index (Phi) is 4.16. The Hall–Kier alpha value is -0.890. The lowest BCUT2D eigenvalue weighted by Crippen LogP contribution is -2.37. The Bertz CT molecular complexity index is 353. The van der Waals surface area contributed by atoms with Gasteiger partial charge in [0.1, 0.15) is 5.82 Å². The Balaban J connectivity index is 2.22. The summed E-state index contributed by atoms with van der Waals surface area (Å²) in [5.74, 6) is 0.388. The molecule has 2 atom stereocenters. The number of aryl methyl sites for hydroxylation is 1. The lowest BCUT2D eigenvalue weighted by molar-refractivity contribution is 0.332. The number of hydrogen-bond donors (Lipinski definition) is 1. The van der Waals surface area contributed by atoms with Crippen LogP contribution in [0.15, 0.2) is 18.2 Å². The molecule has 94 valence electrons. The SMILES string of the molecule is CCNC1CCCCC1c1cc(C)cc(F)c1. The number of likely N-dealkylation sites (N-methyl/N-ethyl adjacent to an activating group) is 1. The number of hydrogen-bond acceptors (Lipinski definition) is 1. The first-order valence-electron chi connectivity index (χ1n) is 6.71. The smallest absolute Gasteiger partial charge is 0.123 e. The molecule has 1 fully saturated rings. The van der Waals surface area contributed by atoms with Gasteiger partial charge in [-0.3, -0.25) is 0 Å². The highest BCUT2D eigenvalue weighted by atomic mass is 19.1. The second kappa shape index (κ2) is 5.63. The summed E-state index contributed by atoms with van der Waals surface area (Å²) >= 11 is 0. The molecule has 0 bridgehead atoms. The molecule has 0 amide bonds. The van der Waals surface area contributed by atoms with E-state index >= 15 is 0 Å². The average Bonchev–Trinajstić information content (AvgIpc) is 2.29. The summed E-state index contributed by atoms with van der Waals surface area (Å²) in [6.45, 7) is 5.11. The van der Waals surface area contributed by atoms with Gasteiger partial charge < -0.3 is 5.32 Å². The molecule has 2 unspecified atom stereocenters. The normalized spacial score (nSPS) is 24.9. The second-order valence-electron chi connectivity index (χ2n) is 5.12. The van der Waals surface area contributed by atoms with Crippen LogP contribution in [0.3, 0.4) is 0 Å². The van der Waals surface area contributed by atoms with Crippen LogP contribution in [0.4, 0.5) is 4.39 Å². The summed E-state index contributed by atoms with van der Waals surface area (Å²) in [6.07, 6.45) is 4.96. The largest absolute Gasteiger partial charge is 0.314 e. The minimum absolute atomic E-state index is 0.0965. The Morgan fingerprint density at radius 2 is 2.00 bits per heavy atom. The van der Waals surface area contributed by atoms with Crippen LogP contribution in [0.1, 0.15) is 49.7 Å². The highest BCUT2D eigenvalue weighted by Gasteiger charge is 2.26. The van der Waals surface area contributed by atoms with Crippen molar-refractivity contribution >= 4 is 0 Å². The number of nitrogens with one attached hydrogen (secondary N) is 1. The fourth-order valence-corrected chi connectivity index (χ4v) is 3.02. The summed E-state index contributed by atoms with van der Waals surface area (Å²) in [5, 5.41) is 3.55. The van der Waals surface area contributed by atoms with Gasteiger partial charge in [0.25, 0.3) is 0 Å². The minimum Gasteiger partial charge on any atom is -0.314 e. The van der Waals surface area contributed by atoms with Crippen molar-refractivity contribution in [3.8, 4) is 0 Å². The van der Waals surface area contributed by atoms with E-state index in [1.165, 1.54) is 31.2 Å². The van der Waals surface area contributed by atoms with Crippen molar-refractivity contribution in [3.05, 3.63) is 35.1 Å². The highest BCUT2D eigenvalue weighted by Crippen LogP contribution is 2.33. The Labute approximate surface area is 103 Å².